The van der Waals surface area contributed by atoms with Crippen molar-refractivity contribution in [1.29, 1.82) is 0 Å². The molecule has 20 heavy (non-hydrogen) atoms. The molecule has 7 nitrogen and oxygen atoms in total. The first-order valence-electron chi connectivity index (χ1n) is 5.69. The Labute approximate surface area is 112 Å². The lowest BCUT2D eigenvalue weighted by molar-refractivity contribution is 0.102. The van der Waals surface area contributed by atoms with Gasteiger partial charge >= 0.3 is 0 Å². The number of amides is 1. The SMILES string of the molecule is O=C(Nc1ccc(-n2cncn2)c(F)c1)c1cn[nH]c1. The number of nitrogens with zero attached hydrogens (tertiary/aromatic N) is 4. The van der Waals surface area contributed by atoms with E-state index in [-0.39, 0.29) is 11.6 Å². The molecule has 0 aliphatic rings. The van der Waals surface area contributed by atoms with Crippen LogP contribution in [0.1, 0.15) is 10.4 Å². The van der Waals surface area contributed by atoms with Crippen molar-refractivity contribution >= 4 is 11.6 Å². The Morgan fingerprint density at radius 3 is 2.95 bits per heavy atom. The van der Waals surface area contributed by atoms with Crippen molar-refractivity contribution in [2.75, 3.05) is 5.32 Å². The zero-order valence-electron chi connectivity index (χ0n) is 10.1. The standard InChI is InChI=1S/C12H9FN6O/c13-10-3-9(18-12(20)8-4-15-16-5-8)1-2-11(10)19-7-14-6-17-19/h1-7H,(H,15,16)(H,18,20). The monoisotopic (exact) mass is 272 g/mol. The maximum absolute atomic E-state index is 13.9. The summed E-state index contributed by atoms with van der Waals surface area (Å²) in [7, 11) is 0. The first kappa shape index (κ1) is 12.0. The van der Waals surface area contributed by atoms with Crippen LogP contribution in [0.3, 0.4) is 0 Å². The molecule has 0 aliphatic carbocycles. The van der Waals surface area contributed by atoms with Gasteiger partial charge in [-0.2, -0.15) is 10.2 Å². The maximum Gasteiger partial charge on any atom is 0.258 e. The first-order chi connectivity index (χ1) is 9.74. The number of carbonyl (C=O) groups excluding carboxylic acids is 1. The second-order valence-electron chi connectivity index (χ2n) is 3.95. The van der Waals surface area contributed by atoms with E-state index in [1.165, 1.54) is 41.9 Å². The number of halogens is 1. The highest BCUT2D eigenvalue weighted by atomic mass is 19.1. The second kappa shape index (κ2) is 4.92. The van der Waals surface area contributed by atoms with Crippen molar-refractivity contribution < 1.29 is 9.18 Å². The van der Waals surface area contributed by atoms with E-state index >= 15 is 0 Å². The van der Waals surface area contributed by atoms with Crippen molar-refractivity contribution in [2.45, 2.75) is 0 Å². The summed E-state index contributed by atoms with van der Waals surface area (Å²) in [5.41, 5.74) is 0.965. The molecule has 0 spiro atoms. The molecule has 0 saturated heterocycles. The van der Waals surface area contributed by atoms with Gasteiger partial charge in [-0.25, -0.2) is 14.1 Å². The molecule has 0 aliphatic heterocycles. The van der Waals surface area contributed by atoms with E-state index in [0.717, 1.165) is 0 Å². The van der Waals surface area contributed by atoms with Crippen LogP contribution in [0.5, 0.6) is 0 Å². The molecule has 8 heteroatoms. The molecule has 3 rings (SSSR count). The maximum atomic E-state index is 13.9. The van der Waals surface area contributed by atoms with Crippen molar-refractivity contribution in [1.82, 2.24) is 25.0 Å². The highest BCUT2D eigenvalue weighted by Gasteiger charge is 2.10. The Balaban J connectivity index is 1.82. The highest BCUT2D eigenvalue weighted by molar-refractivity contribution is 6.03. The Morgan fingerprint density at radius 1 is 1.40 bits per heavy atom. The van der Waals surface area contributed by atoms with Crippen LogP contribution < -0.4 is 5.32 Å². The molecule has 0 radical (unpaired) electrons. The van der Waals surface area contributed by atoms with Crippen molar-refractivity contribution in [3.8, 4) is 5.69 Å². The number of H-pyrrole nitrogens is 1. The van der Waals surface area contributed by atoms with Gasteiger partial charge in [0, 0.05) is 11.9 Å². The fraction of sp³-hybridized carbons (Fsp3) is 0. The highest BCUT2D eigenvalue weighted by Crippen LogP contribution is 2.17. The molecule has 2 N–H and O–H groups in total. The third-order valence-corrected chi connectivity index (χ3v) is 2.63. The Hall–Kier alpha value is -3.03. The minimum Gasteiger partial charge on any atom is -0.322 e. The number of rotatable bonds is 3. The minimum atomic E-state index is -0.513. The van der Waals surface area contributed by atoms with Crippen molar-refractivity contribution in [3.63, 3.8) is 0 Å². The molecular formula is C12H9FN6O. The summed E-state index contributed by atoms with van der Waals surface area (Å²) in [6, 6.07) is 4.31. The van der Waals surface area contributed by atoms with Crippen LogP contribution >= 0.6 is 0 Å². The van der Waals surface area contributed by atoms with Crippen molar-refractivity contribution in [2.24, 2.45) is 0 Å². The second-order valence-corrected chi connectivity index (χ2v) is 3.95. The molecule has 0 saturated carbocycles. The summed E-state index contributed by atoms with van der Waals surface area (Å²) in [6.07, 6.45) is 5.54. The number of benzene rings is 1. The zero-order chi connectivity index (χ0) is 13.9. The number of aromatic amines is 1. The third kappa shape index (κ3) is 2.26. The van der Waals surface area contributed by atoms with Gasteiger partial charge in [0.25, 0.3) is 5.91 Å². The molecule has 100 valence electrons. The predicted octanol–water partition coefficient (Wildman–Crippen LogP) is 1.38. The van der Waals surface area contributed by atoms with Crippen LogP contribution in [-0.2, 0) is 0 Å². The van der Waals surface area contributed by atoms with E-state index in [1.807, 2.05) is 0 Å². The average molecular weight is 272 g/mol. The van der Waals surface area contributed by atoms with E-state index in [4.69, 9.17) is 0 Å². The summed E-state index contributed by atoms with van der Waals surface area (Å²) in [6.45, 7) is 0. The first-order valence-corrected chi connectivity index (χ1v) is 5.69. The molecular weight excluding hydrogens is 263 g/mol. The van der Waals surface area contributed by atoms with Gasteiger partial charge < -0.3 is 5.32 Å². The smallest absolute Gasteiger partial charge is 0.258 e. The average Bonchev–Trinajstić information content (AvgIpc) is 3.12. The molecule has 0 bridgehead atoms. The topological polar surface area (TPSA) is 88.5 Å². The number of hydrogen-bond acceptors (Lipinski definition) is 4. The fourth-order valence-corrected chi connectivity index (χ4v) is 1.68. The van der Waals surface area contributed by atoms with Gasteiger partial charge in [-0.05, 0) is 18.2 Å². The molecule has 0 unspecified atom stereocenters. The van der Waals surface area contributed by atoms with E-state index in [2.05, 4.69) is 25.6 Å². The third-order valence-electron chi connectivity index (χ3n) is 2.63. The quantitative estimate of drug-likeness (QED) is 0.754. The van der Waals surface area contributed by atoms with Gasteiger partial charge in [-0.1, -0.05) is 0 Å². The lowest BCUT2D eigenvalue weighted by atomic mass is 10.2. The summed E-state index contributed by atoms with van der Waals surface area (Å²) in [5.74, 6) is -0.882. The number of hydrogen-bond donors (Lipinski definition) is 2. The summed E-state index contributed by atoms with van der Waals surface area (Å²) < 4.78 is 15.3. The Kier molecular flexibility index (Phi) is 2.96. The van der Waals surface area contributed by atoms with Crippen LogP contribution in [0.2, 0.25) is 0 Å². The number of carbonyl (C=O) groups is 1. The lowest BCUT2D eigenvalue weighted by Crippen LogP contribution is -2.11. The zero-order valence-corrected chi connectivity index (χ0v) is 10.1. The minimum absolute atomic E-state index is 0.254. The van der Waals surface area contributed by atoms with Crippen LogP contribution in [0.4, 0.5) is 10.1 Å². The number of anilines is 1. The predicted molar refractivity (Wildman–Crippen MR) is 67.9 cm³/mol. The summed E-state index contributed by atoms with van der Waals surface area (Å²) in [4.78, 5) is 15.5. The fourth-order valence-electron chi connectivity index (χ4n) is 1.68. The van der Waals surface area contributed by atoms with E-state index in [0.29, 0.717) is 11.3 Å². The van der Waals surface area contributed by atoms with Crippen molar-refractivity contribution in [3.05, 3.63) is 54.6 Å². The molecule has 2 heterocycles. The van der Waals surface area contributed by atoms with Crippen LogP contribution in [0.25, 0.3) is 5.69 Å². The van der Waals surface area contributed by atoms with Gasteiger partial charge in [0.15, 0.2) is 5.82 Å². The normalized spacial score (nSPS) is 10.4. The Morgan fingerprint density at radius 2 is 2.30 bits per heavy atom. The van der Waals surface area contributed by atoms with E-state index in [1.54, 1.807) is 6.07 Å². The molecule has 1 amide bonds. The van der Waals surface area contributed by atoms with Gasteiger partial charge in [-0.15, -0.1) is 0 Å². The van der Waals surface area contributed by atoms with E-state index < -0.39 is 5.82 Å². The molecule has 0 atom stereocenters. The van der Waals surface area contributed by atoms with E-state index in [9.17, 15) is 9.18 Å². The van der Waals surface area contributed by atoms with Gasteiger partial charge in [0.2, 0.25) is 0 Å². The molecule has 2 aromatic heterocycles. The summed E-state index contributed by atoms with van der Waals surface area (Å²) in [5, 5.41) is 12.6. The number of aromatic nitrogens is 5. The lowest BCUT2D eigenvalue weighted by Gasteiger charge is -2.06. The van der Waals surface area contributed by atoms with Crippen LogP contribution in [-0.4, -0.2) is 30.9 Å². The molecule has 0 fully saturated rings. The molecule has 3 aromatic rings. The largest absolute Gasteiger partial charge is 0.322 e. The van der Waals surface area contributed by atoms with Gasteiger partial charge in [-0.3, -0.25) is 9.89 Å². The molecule has 1 aromatic carbocycles. The van der Waals surface area contributed by atoms with Crippen LogP contribution in [0.15, 0.2) is 43.2 Å². The van der Waals surface area contributed by atoms with Gasteiger partial charge in [0.05, 0.1) is 11.8 Å². The van der Waals surface area contributed by atoms with Crippen LogP contribution in [0, 0.1) is 5.82 Å². The van der Waals surface area contributed by atoms with Gasteiger partial charge in [0.1, 0.15) is 18.3 Å². The summed E-state index contributed by atoms with van der Waals surface area (Å²) >= 11 is 0. The Bertz CT molecular complexity index is 723. The number of nitrogens with one attached hydrogen (secondary N) is 2.